The van der Waals surface area contributed by atoms with Crippen molar-refractivity contribution in [2.45, 2.75) is 19.3 Å². The van der Waals surface area contributed by atoms with Gasteiger partial charge in [-0.25, -0.2) is 0 Å². The normalized spacial score (nSPS) is 20.9. The van der Waals surface area contributed by atoms with Crippen LogP contribution >= 0.6 is 0 Å². The summed E-state index contributed by atoms with van der Waals surface area (Å²) in [6.45, 7) is 6.60. The fourth-order valence-electron chi connectivity index (χ4n) is 2.52. The molecule has 18 heavy (non-hydrogen) atoms. The van der Waals surface area contributed by atoms with Gasteiger partial charge in [0.15, 0.2) is 0 Å². The van der Waals surface area contributed by atoms with Gasteiger partial charge in [0, 0.05) is 32.0 Å². The van der Waals surface area contributed by atoms with E-state index >= 15 is 0 Å². The predicted octanol–water partition coefficient (Wildman–Crippen LogP) is 2.70. The summed E-state index contributed by atoms with van der Waals surface area (Å²) in [4.78, 5) is 14.1. The fourth-order valence-corrected chi connectivity index (χ4v) is 2.52. The molecule has 1 atom stereocenters. The molecule has 0 radical (unpaired) electrons. The molecule has 0 bridgehead atoms. The van der Waals surface area contributed by atoms with Crippen molar-refractivity contribution in [1.82, 2.24) is 4.90 Å². The summed E-state index contributed by atoms with van der Waals surface area (Å²) in [5.41, 5.74) is 1.37. The number of Topliss-reactive ketones (excluding diaryl/α,β-unsaturated/α-hetero) is 1. The Labute approximate surface area is 109 Å². The van der Waals surface area contributed by atoms with E-state index in [0.717, 1.165) is 32.5 Å². The monoisotopic (exact) mass is 243 g/mol. The molecule has 1 aromatic carbocycles. The first-order chi connectivity index (χ1) is 8.79. The van der Waals surface area contributed by atoms with E-state index < -0.39 is 0 Å². The van der Waals surface area contributed by atoms with Crippen LogP contribution in [0.4, 0.5) is 0 Å². The lowest BCUT2D eigenvalue weighted by molar-refractivity contribution is -0.126. The maximum Gasteiger partial charge on any atom is 0.138 e. The van der Waals surface area contributed by atoms with E-state index in [2.05, 4.69) is 35.7 Å². The van der Waals surface area contributed by atoms with Gasteiger partial charge in [-0.3, -0.25) is 4.79 Å². The van der Waals surface area contributed by atoms with Gasteiger partial charge in [-0.05, 0) is 18.4 Å². The third-order valence-electron chi connectivity index (χ3n) is 3.62. The molecule has 0 saturated carbocycles. The minimum absolute atomic E-state index is 0.173. The molecule has 1 saturated heterocycles. The van der Waals surface area contributed by atoms with Crippen LogP contribution in [0.25, 0.3) is 0 Å². The van der Waals surface area contributed by atoms with Crippen LogP contribution < -0.4 is 0 Å². The molecule has 0 aliphatic carbocycles. The van der Waals surface area contributed by atoms with E-state index in [4.69, 9.17) is 0 Å². The third kappa shape index (κ3) is 3.54. The number of rotatable bonds is 5. The first-order valence-corrected chi connectivity index (χ1v) is 6.69. The summed E-state index contributed by atoms with van der Waals surface area (Å²) in [5, 5.41) is 0. The number of likely N-dealkylation sites (tertiary alicyclic amines) is 1. The van der Waals surface area contributed by atoms with Crippen LogP contribution in [0.2, 0.25) is 0 Å². The number of benzene rings is 1. The zero-order valence-corrected chi connectivity index (χ0v) is 10.8. The number of nitrogens with zero attached hydrogens (tertiary/aromatic N) is 1. The molecule has 1 aliphatic heterocycles. The summed E-state index contributed by atoms with van der Waals surface area (Å²) in [5.74, 6) is 0.581. The van der Waals surface area contributed by atoms with Crippen molar-refractivity contribution >= 4 is 5.78 Å². The Bertz CT molecular complexity index is 399. The molecule has 2 heteroatoms. The standard InChI is InChI=1S/C16H21NO/c1-2-6-15-13-17(12-10-16(15)18)11-9-14-7-4-3-5-8-14/h2-5,7-8,15H,1,6,9-13H2. The fraction of sp³-hybridized carbons (Fsp3) is 0.438. The van der Waals surface area contributed by atoms with Crippen molar-refractivity contribution in [3.05, 3.63) is 48.6 Å². The van der Waals surface area contributed by atoms with Gasteiger partial charge in [-0.1, -0.05) is 36.4 Å². The highest BCUT2D eigenvalue weighted by atomic mass is 16.1. The maximum absolute atomic E-state index is 11.7. The average molecular weight is 243 g/mol. The first-order valence-electron chi connectivity index (χ1n) is 6.69. The van der Waals surface area contributed by atoms with E-state index in [0.29, 0.717) is 12.2 Å². The second-order valence-electron chi connectivity index (χ2n) is 4.97. The van der Waals surface area contributed by atoms with Crippen LogP contribution in [-0.2, 0) is 11.2 Å². The molecular weight excluding hydrogens is 222 g/mol. The smallest absolute Gasteiger partial charge is 0.138 e. The molecule has 1 aliphatic rings. The van der Waals surface area contributed by atoms with Crippen molar-refractivity contribution in [1.29, 1.82) is 0 Å². The van der Waals surface area contributed by atoms with E-state index in [1.807, 2.05) is 12.1 Å². The van der Waals surface area contributed by atoms with Gasteiger partial charge in [0.25, 0.3) is 0 Å². The topological polar surface area (TPSA) is 20.3 Å². The Hall–Kier alpha value is -1.41. The Morgan fingerprint density at radius 3 is 2.83 bits per heavy atom. The second kappa shape index (κ2) is 6.50. The lowest BCUT2D eigenvalue weighted by atomic mass is 9.93. The number of hydrogen-bond acceptors (Lipinski definition) is 2. The van der Waals surface area contributed by atoms with Gasteiger partial charge in [0.05, 0.1) is 0 Å². The van der Waals surface area contributed by atoms with Crippen LogP contribution in [0.15, 0.2) is 43.0 Å². The van der Waals surface area contributed by atoms with Crippen LogP contribution in [-0.4, -0.2) is 30.3 Å². The van der Waals surface area contributed by atoms with E-state index in [1.54, 1.807) is 0 Å². The lowest BCUT2D eigenvalue weighted by Gasteiger charge is -2.31. The van der Waals surface area contributed by atoms with Crippen molar-refractivity contribution in [2.24, 2.45) is 5.92 Å². The van der Waals surface area contributed by atoms with Crippen LogP contribution in [0.1, 0.15) is 18.4 Å². The molecule has 96 valence electrons. The average Bonchev–Trinajstić information content (AvgIpc) is 2.41. The highest BCUT2D eigenvalue weighted by molar-refractivity contribution is 5.82. The van der Waals surface area contributed by atoms with Crippen molar-refractivity contribution < 1.29 is 4.79 Å². The van der Waals surface area contributed by atoms with E-state index in [1.165, 1.54) is 5.56 Å². The van der Waals surface area contributed by atoms with Gasteiger partial charge >= 0.3 is 0 Å². The summed E-state index contributed by atoms with van der Waals surface area (Å²) < 4.78 is 0. The SMILES string of the molecule is C=CCC1CN(CCc2ccccc2)CCC1=O. The molecule has 0 amide bonds. The number of allylic oxidation sites excluding steroid dienone is 1. The summed E-state index contributed by atoms with van der Waals surface area (Å²) in [6.07, 6.45) is 4.45. The van der Waals surface area contributed by atoms with Crippen LogP contribution in [0, 0.1) is 5.92 Å². The second-order valence-corrected chi connectivity index (χ2v) is 4.97. The number of ketones is 1. The maximum atomic E-state index is 11.7. The minimum Gasteiger partial charge on any atom is -0.302 e. The minimum atomic E-state index is 0.173. The molecule has 2 nitrogen and oxygen atoms in total. The Balaban J connectivity index is 1.83. The molecule has 0 aromatic heterocycles. The number of hydrogen-bond donors (Lipinski definition) is 0. The Kier molecular flexibility index (Phi) is 4.71. The molecule has 2 rings (SSSR count). The van der Waals surface area contributed by atoms with Gasteiger partial charge < -0.3 is 4.90 Å². The van der Waals surface area contributed by atoms with Gasteiger partial charge in [0.2, 0.25) is 0 Å². The highest BCUT2D eigenvalue weighted by Crippen LogP contribution is 2.17. The third-order valence-corrected chi connectivity index (χ3v) is 3.62. The van der Waals surface area contributed by atoms with Crippen molar-refractivity contribution in [3.8, 4) is 0 Å². The summed E-state index contributed by atoms with van der Waals surface area (Å²) in [7, 11) is 0. The number of carbonyl (C=O) groups is 1. The van der Waals surface area contributed by atoms with Crippen LogP contribution in [0.5, 0.6) is 0 Å². The molecule has 1 unspecified atom stereocenters. The van der Waals surface area contributed by atoms with Crippen molar-refractivity contribution in [3.63, 3.8) is 0 Å². The van der Waals surface area contributed by atoms with Gasteiger partial charge in [0.1, 0.15) is 5.78 Å². The molecule has 0 N–H and O–H groups in total. The Morgan fingerprint density at radius 1 is 1.33 bits per heavy atom. The first kappa shape index (κ1) is 13.0. The molecule has 1 heterocycles. The summed E-state index contributed by atoms with van der Waals surface area (Å²) >= 11 is 0. The van der Waals surface area contributed by atoms with Crippen LogP contribution in [0.3, 0.4) is 0 Å². The van der Waals surface area contributed by atoms with E-state index in [-0.39, 0.29) is 5.92 Å². The molecule has 1 fully saturated rings. The highest BCUT2D eigenvalue weighted by Gasteiger charge is 2.25. The van der Waals surface area contributed by atoms with Gasteiger partial charge in [-0.2, -0.15) is 0 Å². The predicted molar refractivity (Wildman–Crippen MR) is 74.5 cm³/mol. The number of carbonyl (C=O) groups excluding carboxylic acids is 1. The number of piperidine rings is 1. The molecular formula is C16H21NO. The van der Waals surface area contributed by atoms with Crippen molar-refractivity contribution in [2.75, 3.05) is 19.6 Å². The zero-order chi connectivity index (χ0) is 12.8. The Morgan fingerprint density at radius 2 is 2.11 bits per heavy atom. The largest absolute Gasteiger partial charge is 0.302 e. The quantitative estimate of drug-likeness (QED) is 0.741. The molecule has 1 aromatic rings. The zero-order valence-electron chi connectivity index (χ0n) is 10.8. The molecule has 0 spiro atoms. The summed E-state index contributed by atoms with van der Waals surface area (Å²) in [6, 6.07) is 10.5. The lowest BCUT2D eigenvalue weighted by Crippen LogP contribution is -2.41. The van der Waals surface area contributed by atoms with Gasteiger partial charge in [-0.15, -0.1) is 6.58 Å². The van der Waals surface area contributed by atoms with E-state index in [9.17, 15) is 4.79 Å².